The first-order valence-electron chi connectivity index (χ1n) is 6.86. The van der Waals surface area contributed by atoms with E-state index in [9.17, 15) is 4.79 Å². The number of nitrogens with zero attached hydrogens (tertiary/aromatic N) is 1. The van der Waals surface area contributed by atoms with Crippen LogP contribution in [0, 0.1) is 6.92 Å². The molecule has 3 nitrogen and oxygen atoms in total. The molecule has 0 saturated carbocycles. The molecule has 2 rings (SSSR count). The van der Waals surface area contributed by atoms with Gasteiger partial charge < -0.3 is 0 Å². The van der Waals surface area contributed by atoms with E-state index in [1.54, 1.807) is 6.21 Å². The van der Waals surface area contributed by atoms with Gasteiger partial charge in [0.2, 0.25) is 0 Å². The normalized spacial score (nSPS) is 12.3. The maximum atomic E-state index is 12.0. The number of aryl methyl sites for hydroxylation is 1. The maximum Gasteiger partial charge on any atom is 0.253 e. The summed E-state index contributed by atoms with van der Waals surface area (Å²) in [5.41, 5.74) is 4.71. The highest BCUT2D eigenvalue weighted by Gasteiger charge is 2.13. The molecule has 0 unspecified atom stereocenters. The molecule has 1 atom stereocenters. The third kappa shape index (κ3) is 5.31. The lowest BCUT2D eigenvalue weighted by molar-refractivity contribution is -0.120. The quantitative estimate of drug-likeness (QED) is 0.477. The summed E-state index contributed by atoms with van der Waals surface area (Å²) in [6.07, 6.45) is 1.63. The van der Waals surface area contributed by atoms with Crippen molar-refractivity contribution >= 4 is 39.8 Å². The summed E-state index contributed by atoms with van der Waals surface area (Å²) < 4.78 is 0.978. The number of thioether (sulfide) groups is 1. The lowest BCUT2D eigenvalue weighted by Gasteiger charge is -2.09. The molecule has 0 aliphatic heterocycles. The Morgan fingerprint density at radius 3 is 2.68 bits per heavy atom. The minimum atomic E-state index is -0.206. The third-order valence-electron chi connectivity index (χ3n) is 2.94. The number of hydrogen-bond donors (Lipinski definition) is 1. The van der Waals surface area contributed by atoms with Gasteiger partial charge >= 0.3 is 0 Å². The van der Waals surface area contributed by atoms with Crippen molar-refractivity contribution in [1.82, 2.24) is 5.43 Å². The van der Waals surface area contributed by atoms with Gasteiger partial charge in [-0.25, -0.2) is 5.43 Å². The van der Waals surface area contributed by atoms with E-state index in [4.69, 9.17) is 0 Å². The van der Waals surface area contributed by atoms with Gasteiger partial charge in [0, 0.05) is 9.37 Å². The van der Waals surface area contributed by atoms with Crippen molar-refractivity contribution in [2.75, 3.05) is 0 Å². The number of hydrazone groups is 1. The first-order chi connectivity index (χ1) is 10.5. The van der Waals surface area contributed by atoms with Crippen molar-refractivity contribution in [3.63, 3.8) is 0 Å². The Hall–Kier alpha value is -1.59. The van der Waals surface area contributed by atoms with E-state index in [0.29, 0.717) is 0 Å². The fourth-order valence-electron chi connectivity index (χ4n) is 1.72. The van der Waals surface area contributed by atoms with Crippen LogP contribution in [0.2, 0.25) is 0 Å². The minimum Gasteiger partial charge on any atom is -0.272 e. The number of amides is 1. The van der Waals surface area contributed by atoms with E-state index in [1.165, 1.54) is 17.3 Å². The number of nitrogens with one attached hydrogen (secondary N) is 1. The standard InChI is InChI=1S/C17H17BrN2OS/c1-12-6-8-16(9-7-12)22-13(2)17(21)20-19-11-14-4-3-5-15(18)10-14/h3-11,13H,1-2H3,(H,20,21)/b19-11-/t13-/m0/s1. The Balaban J connectivity index is 1.87. The van der Waals surface area contributed by atoms with Gasteiger partial charge in [-0.2, -0.15) is 5.10 Å². The zero-order chi connectivity index (χ0) is 15.9. The van der Waals surface area contributed by atoms with Crippen LogP contribution < -0.4 is 5.43 Å². The van der Waals surface area contributed by atoms with E-state index in [1.807, 2.05) is 62.4 Å². The van der Waals surface area contributed by atoms with Crippen molar-refractivity contribution in [3.8, 4) is 0 Å². The van der Waals surface area contributed by atoms with Crippen LogP contribution in [0.4, 0.5) is 0 Å². The summed E-state index contributed by atoms with van der Waals surface area (Å²) in [6, 6.07) is 15.8. The molecule has 0 saturated heterocycles. The Bertz CT molecular complexity index is 671. The molecular weight excluding hydrogens is 360 g/mol. The molecule has 0 bridgehead atoms. The molecule has 114 valence electrons. The van der Waals surface area contributed by atoms with Crippen LogP contribution in [0.1, 0.15) is 18.1 Å². The largest absolute Gasteiger partial charge is 0.272 e. The van der Waals surface area contributed by atoms with Crippen LogP contribution in [0.15, 0.2) is 63.0 Å². The number of hydrogen-bond acceptors (Lipinski definition) is 3. The van der Waals surface area contributed by atoms with E-state index in [-0.39, 0.29) is 11.2 Å². The SMILES string of the molecule is Cc1ccc(S[C@@H](C)C(=O)N/N=C\c2cccc(Br)c2)cc1. The second-order valence-corrected chi connectivity index (χ2v) is 7.19. The van der Waals surface area contributed by atoms with Crippen molar-refractivity contribution in [2.45, 2.75) is 24.0 Å². The predicted octanol–water partition coefficient (Wildman–Crippen LogP) is 4.39. The molecule has 2 aromatic carbocycles. The van der Waals surface area contributed by atoms with Crippen LogP contribution >= 0.6 is 27.7 Å². The first kappa shape index (κ1) is 16.8. The van der Waals surface area contributed by atoms with Crippen LogP contribution in [0.5, 0.6) is 0 Å². The van der Waals surface area contributed by atoms with Crippen LogP contribution in [0.25, 0.3) is 0 Å². The molecule has 0 heterocycles. The molecule has 5 heteroatoms. The highest BCUT2D eigenvalue weighted by molar-refractivity contribution is 9.10. The van der Waals surface area contributed by atoms with E-state index < -0.39 is 0 Å². The lowest BCUT2D eigenvalue weighted by atomic mass is 10.2. The number of rotatable bonds is 5. The number of benzene rings is 2. The van der Waals surface area contributed by atoms with Crippen LogP contribution in [0.3, 0.4) is 0 Å². The van der Waals surface area contributed by atoms with Crippen LogP contribution in [-0.2, 0) is 4.79 Å². The summed E-state index contributed by atoms with van der Waals surface area (Å²) in [6.45, 7) is 3.91. The topological polar surface area (TPSA) is 41.5 Å². The minimum absolute atomic E-state index is 0.114. The van der Waals surface area contributed by atoms with Gasteiger partial charge in [-0.3, -0.25) is 4.79 Å². The zero-order valence-corrected chi connectivity index (χ0v) is 14.8. The second kappa shape index (κ2) is 8.15. The van der Waals surface area contributed by atoms with E-state index in [2.05, 4.69) is 26.5 Å². The molecule has 0 aliphatic carbocycles. The lowest BCUT2D eigenvalue weighted by Crippen LogP contribution is -2.26. The average molecular weight is 377 g/mol. The first-order valence-corrected chi connectivity index (χ1v) is 8.53. The summed E-state index contributed by atoms with van der Waals surface area (Å²) in [4.78, 5) is 13.1. The molecule has 2 aromatic rings. The number of carbonyl (C=O) groups is 1. The summed E-state index contributed by atoms with van der Waals surface area (Å²) in [5.74, 6) is -0.114. The summed E-state index contributed by atoms with van der Waals surface area (Å²) in [5, 5.41) is 3.79. The molecule has 0 aromatic heterocycles. The van der Waals surface area contributed by atoms with Gasteiger partial charge in [-0.1, -0.05) is 45.8 Å². The fraction of sp³-hybridized carbons (Fsp3) is 0.176. The Kier molecular flexibility index (Phi) is 6.21. The zero-order valence-electron chi connectivity index (χ0n) is 12.4. The Labute approximate surface area is 143 Å². The molecule has 0 fully saturated rings. The van der Waals surface area contributed by atoms with E-state index in [0.717, 1.165) is 14.9 Å². The van der Waals surface area contributed by atoms with Gasteiger partial charge in [-0.05, 0) is 43.7 Å². The fourth-order valence-corrected chi connectivity index (χ4v) is 3.00. The average Bonchev–Trinajstić information content (AvgIpc) is 2.49. The molecule has 1 N–H and O–H groups in total. The number of carbonyl (C=O) groups excluding carboxylic acids is 1. The van der Waals surface area contributed by atoms with Gasteiger partial charge in [0.1, 0.15) is 0 Å². The predicted molar refractivity (Wildman–Crippen MR) is 96.4 cm³/mol. The molecule has 0 aliphatic rings. The van der Waals surface area contributed by atoms with E-state index >= 15 is 0 Å². The Morgan fingerprint density at radius 2 is 2.00 bits per heavy atom. The smallest absolute Gasteiger partial charge is 0.253 e. The van der Waals surface area contributed by atoms with Crippen molar-refractivity contribution in [1.29, 1.82) is 0 Å². The molecular formula is C17H17BrN2OS. The highest BCUT2D eigenvalue weighted by atomic mass is 79.9. The van der Waals surface area contributed by atoms with Gasteiger partial charge in [0.05, 0.1) is 11.5 Å². The Morgan fingerprint density at radius 1 is 1.27 bits per heavy atom. The maximum absolute atomic E-state index is 12.0. The molecule has 1 amide bonds. The molecule has 22 heavy (non-hydrogen) atoms. The van der Waals surface area contributed by atoms with Crippen molar-refractivity contribution in [3.05, 3.63) is 64.1 Å². The summed E-state index contributed by atoms with van der Waals surface area (Å²) in [7, 11) is 0. The van der Waals surface area contributed by atoms with Gasteiger partial charge in [0.25, 0.3) is 5.91 Å². The summed E-state index contributed by atoms with van der Waals surface area (Å²) >= 11 is 4.91. The molecule has 0 radical (unpaired) electrons. The third-order valence-corrected chi connectivity index (χ3v) is 4.55. The monoisotopic (exact) mass is 376 g/mol. The number of halogens is 1. The van der Waals surface area contributed by atoms with Gasteiger partial charge in [-0.15, -0.1) is 11.8 Å². The van der Waals surface area contributed by atoms with Crippen LogP contribution in [-0.4, -0.2) is 17.4 Å². The van der Waals surface area contributed by atoms with Crippen molar-refractivity contribution in [2.24, 2.45) is 5.10 Å². The highest BCUT2D eigenvalue weighted by Crippen LogP contribution is 2.23. The van der Waals surface area contributed by atoms with Gasteiger partial charge in [0.15, 0.2) is 0 Å². The second-order valence-electron chi connectivity index (χ2n) is 4.86. The van der Waals surface area contributed by atoms with Crippen molar-refractivity contribution < 1.29 is 4.79 Å². The molecule has 0 spiro atoms.